The predicted octanol–water partition coefficient (Wildman–Crippen LogP) is 5.51. The largest absolute Gasteiger partial charge is 0.305 e. The molecule has 0 radical (unpaired) electrons. The molecule has 0 aliphatic rings. The molecule has 1 N–H and O–H groups in total. The van der Waals surface area contributed by atoms with Gasteiger partial charge in [0.2, 0.25) is 0 Å². The van der Waals surface area contributed by atoms with E-state index in [9.17, 15) is 0 Å². The number of rotatable bonds is 4. The number of hydrogen-bond acceptors (Lipinski definition) is 2. The van der Waals surface area contributed by atoms with Crippen LogP contribution in [-0.2, 0) is 6.54 Å². The number of fused-ring (bicyclic) bond motifs is 1. The minimum Gasteiger partial charge on any atom is -0.305 e. The SMILES string of the molecule is CC(NCc1cc(Br)cs1)c1cccc2ccccc12. The predicted molar refractivity (Wildman–Crippen MR) is 91.2 cm³/mol. The van der Waals surface area contributed by atoms with Gasteiger partial charge in [-0.05, 0) is 45.3 Å². The topological polar surface area (TPSA) is 12.0 Å². The van der Waals surface area contributed by atoms with E-state index in [1.54, 1.807) is 11.3 Å². The molecule has 0 saturated carbocycles. The summed E-state index contributed by atoms with van der Waals surface area (Å²) in [7, 11) is 0. The van der Waals surface area contributed by atoms with Crippen LogP contribution in [0, 0.1) is 0 Å². The zero-order chi connectivity index (χ0) is 13.9. The highest BCUT2D eigenvalue weighted by Crippen LogP contribution is 2.25. The Morgan fingerprint density at radius 2 is 1.95 bits per heavy atom. The van der Waals surface area contributed by atoms with Gasteiger partial charge in [0.25, 0.3) is 0 Å². The third kappa shape index (κ3) is 2.95. The molecule has 3 aromatic rings. The van der Waals surface area contributed by atoms with Gasteiger partial charge in [-0.25, -0.2) is 0 Å². The van der Waals surface area contributed by atoms with Crippen LogP contribution >= 0.6 is 27.3 Å². The van der Waals surface area contributed by atoms with E-state index in [-0.39, 0.29) is 0 Å². The van der Waals surface area contributed by atoms with Gasteiger partial charge in [-0.3, -0.25) is 0 Å². The molecule has 0 aliphatic heterocycles. The Morgan fingerprint density at radius 1 is 1.15 bits per heavy atom. The summed E-state index contributed by atoms with van der Waals surface area (Å²) in [5, 5.41) is 8.37. The van der Waals surface area contributed by atoms with Gasteiger partial charge in [-0.1, -0.05) is 42.5 Å². The first-order valence-electron chi connectivity index (χ1n) is 6.68. The first kappa shape index (κ1) is 13.8. The fraction of sp³-hybridized carbons (Fsp3) is 0.176. The molecule has 3 heteroatoms. The molecule has 0 saturated heterocycles. The van der Waals surface area contributed by atoms with Crippen LogP contribution in [0.25, 0.3) is 10.8 Å². The number of hydrogen-bond donors (Lipinski definition) is 1. The summed E-state index contributed by atoms with van der Waals surface area (Å²) >= 11 is 5.28. The van der Waals surface area contributed by atoms with Crippen LogP contribution in [0.2, 0.25) is 0 Å². The third-order valence-corrected chi connectivity index (χ3v) is 5.19. The first-order valence-corrected chi connectivity index (χ1v) is 8.35. The van der Waals surface area contributed by atoms with Gasteiger partial charge in [0.1, 0.15) is 0 Å². The summed E-state index contributed by atoms with van der Waals surface area (Å²) in [6.07, 6.45) is 0. The molecule has 0 bridgehead atoms. The normalized spacial score (nSPS) is 12.7. The van der Waals surface area contributed by atoms with Crippen LogP contribution in [0.5, 0.6) is 0 Å². The van der Waals surface area contributed by atoms with Crippen molar-refractivity contribution in [1.29, 1.82) is 0 Å². The summed E-state index contributed by atoms with van der Waals surface area (Å²) in [6.45, 7) is 3.13. The van der Waals surface area contributed by atoms with Crippen LogP contribution in [0.4, 0.5) is 0 Å². The Balaban J connectivity index is 1.80. The summed E-state index contributed by atoms with van der Waals surface area (Å²) in [5.74, 6) is 0. The molecular weight excluding hydrogens is 330 g/mol. The Kier molecular flexibility index (Phi) is 4.20. The van der Waals surface area contributed by atoms with Crippen molar-refractivity contribution in [3.05, 3.63) is 68.8 Å². The summed E-state index contributed by atoms with van der Waals surface area (Å²) < 4.78 is 1.16. The van der Waals surface area contributed by atoms with Crippen molar-refractivity contribution in [2.45, 2.75) is 19.5 Å². The van der Waals surface area contributed by atoms with Crippen LogP contribution in [-0.4, -0.2) is 0 Å². The van der Waals surface area contributed by atoms with Gasteiger partial charge in [-0.15, -0.1) is 11.3 Å². The fourth-order valence-corrected chi connectivity index (χ4v) is 3.84. The minimum absolute atomic E-state index is 0.335. The van der Waals surface area contributed by atoms with E-state index < -0.39 is 0 Å². The molecule has 0 fully saturated rings. The molecule has 102 valence electrons. The standard InChI is InChI=1S/C17H16BrNS/c1-12(19-10-15-9-14(18)11-20-15)16-8-4-6-13-5-2-3-7-17(13)16/h2-9,11-12,19H,10H2,1H3. The van der Waals surface area contributed by atoms with E-state index in [4.69, 9.17) is 0 Å². The zero-order valence-corrected chi connectivity index (χ0v) is 13.7. The lowest BCUT2D eigenvalue weighted by Gasteiger charge is -2.16. The summed E-state index contributed by atoms with van der Waals surface area (Å²) in [5.41, 5.74) is 1.36. The maximum Gasteiger partial charge on any atom is 0.0305 e. The highest BCUT2D eigenvalue weighted by molar-refractivity contribution is 9.10. The van der Waals surface area contributed by atoms with Gasteiger partial charge in [0.15, 0.2) is 0 Å². The van der Waals surface area contributed by atoms with E-state index in [0.717, 1.165) is 11.0 Å². The number of halogens is 1. The molecule has 1 unspecified atom stereocenters. The average molecular weight is 346 g/mol. The monoisotopic (exact) mass is 345 g/mol. The van der Waals surface area contributed by atoms with Crippen molar-refractivity contribution < 1.29 is 0 Å². The van der Waals surface area contributed by atoms with E-state index in [2.05, 4.69) is 82.1 Å². The van der Waals surface area contributed by atoms with Crippen molar-refractivity contribution >= 4 is 38.0 Å². The smallest absolute Gasteiger partial charge is 0.0305 e. The van der Waals surface area contributed by atoms with Crippen molar-refractivity contribution in [1.82, 2.24) is 5.32 Å². The van der Waals surface area contributed by atoms with Crippen molar-refractivity contribution in [2.24, 2.45) is 0 Å². The van der Waals surface area contributed by atoms with Gasteiger partial charge >= 0.3 is 0 Å². The van der Waals surface area contributed by atoms with E-state index >= 15 is 0 Å². The highest BCUT2D eigenvalue weighted by Gasteiger charge is 2.09. The van der Waals surface area contributed by atoms with Gasteiger partial charge in [0, 0.05) is 27.3 Å². The Hall–Kier alpha value is -1.16. The zero-order valence-electron chi connectivity index (χ0n) is 11.3. The first-order chi connectivity index (χ1) is 9.74. The molecule has 0 amide bonds. The molecule has 0 spiro atoms. The summed E-state index contributed by atoms with van der Waals surface area (Å²) in [6, 6.07) is 17.6. The third-order valence-electron chi connectivity index (χ3n) is 3.49. The van der Waals surface area contributed by atoms with Crippen LogP contribution in [0.1, 0.15) is 23.4 Å². The van der Waals surface area contributed by atoms with E-state index in [1.165, 1.54) is 21.2 Å². The minimum atomic E-state index is 0.335. The van der Waals surface area contributed by atoms with Crippen molar-refractivity contribution in [2.75, 3.05) is 0 Å². The molecule has 1 aromatic heterocycles. The molecule has 20 heavy (non-hydrogen) atoms. The molecule has 1 nitrogen and oxygen atoms in total. The maximum atomic E-state index is 3.61. The quantitative estimate of drug-likeness (QED) is 0.656. The Labute approximate surface area is 131 Å². The van der Waals surface area contributed by atoms with Crippen molar-refractivity contribution in [3.8, 4) is 0 Å². The second-order valence-electron chi connectivity index (χ2n) is 4.90. The number of nitrogens with one attached hydrogen (secondary N) is 1. The molecule has 2 aromatic carbocycles. The lowest BCUT2D eigenvalue weighted by molar-refractivity contribution is 0.582. The second kappa shape index (κ2) is 6.08. The number of benzene rings is 2. The summed E-state index contributed by atoms with van der Waals surface area (Å²) in [4.78, 5) is 1.35. The molecule has 1 heterocycles. The fourth-order valence-electron chi connectivity index (χ4n) is 2.44. The molecule has 0 aliphatic carbocycles. The van der Waals surface area contributed by atoms with Crippen LogP contribution in [0.15, 0.2) is 58.4 Å². The Morgan fingerprint density at radius 3 is 2.75 bits per heavy atom. The van der Waals surface area contributed by atoms with Crippen molar-refractivity contribution in [3.63, 3.8) is 0 Å². The molecule has 1 atom stereocenters. The van der Waals surface area contributed by atoms with Crippen LogP contribution in [0.3, 0.4) is 0 Å². The highest BCUT2D eigenvalue weighted by atomic mass is 79.9. The van der Waals surface area contributed by atoms with Gasteiger partial charge in [-0.2, -0.15) is 0 Å². The lowest BCUT2D eigenvalue weighted by atomic mass is 10.00. The maximum absolute atomic E-state index is 3.61. The number of thiophene rings is 1. The lowest BCUT2D eigenvalue weighted by Crippen LogP contribution is -2.17. The molecular formula is C17H16BrNS. The van der Waals surface area contributed by atoms with E-state index in [0.29, 0.717) is 6.04 Å². The van der Waals surface area contributed by atoms with E-state index in [1.807, 2.05) is 0 Å². The van der Waals surface area contributed by atoms with Crippen LogP contribution < -0.4 is 5.32 Å². The second-order valence-corrected chi connectivity index (χ2v) is 6.81. The van der Waals surface area contributed by atoms with Gasteiger partial charge < -0.3 is 5.32 Å². The molecule has 3 rings (SSSR count). The van der Waals surface area contributed by atoms with Gasteiger partial charge in [0.05, 0.1) is 0 Å². The average Bonchev–Trinajstić information content (AvgIpc) is 2.90. The Bertz CT molecular complexity index is 714.